The van der Waals surface area contributed by atoms with Gasteiger partial charge in [-0.25, -0.2) is 0 Å². The van der Waals surface area contributed by atoms with Gasteiger partial charge in [0.2, 0.25) is 5.91 Å². The first-order valence-corrected chi connectivity index (χ1v) is 5.52. The van der Waals surface area contributed by atoms with Crippen molar-refractivity contribution in [3.05, 3.63) is 0 Å². The topological polar surface area (TPSA) is 67.1 Å². The van der Waals surface area contributed by atoms with Gasteiger partial charge in [0, 0.05) is 31.1 Å². The van der Waals surface area contributed by atoms with E-state index in [1.807, 2.05) is 0 Å². The van der Waals surface area contributed by atoms with Crippen LogP contribution in [0.15, 0.2) is 0 Å². The molecule has 14 heavy (non-hydrogen) atoms. The van der Waals surface area contributed by atoms with E-state index in [1.165, 1.54) is 0 Å². The molecule has 0 aromatic carbocycles. The lowest BCUT2D eigenvalue weighted by atomic mass is 9.88. The van der Waals surface area contributed by atoms with E-state index in [9.17, 15) is 4.79 Å². The lowest BCUT2D eigenvalue weighted by Gasteiger charge is -2.33. The molecular weight excluding hydrogens is 178 g/mol. The highest BCUT2D eigenvalue weighted by Gasteiger charge is 2.26. The second-order valence-electron chi connectivity index (χ2n) is 4.47. The summed E-state index contributed by atoms with van der Waals surface area (Å²) in [5.74, 6) is 0.184. The number of nitrogens with one attached hydrogen (secondary N) is 2. The Morgan fingerprint density at radius 2 is 2.00 bits per heavy atom. The largest absolute Gasteiger partial charge is 0.353 e. The average Bonchev–Trinajstić information content (AvgIpc) is 2.85. The molecule has 2 fully saturated rings. The van der Waals surface area contributed by atoms with E-state index in [4.69, 9.17) is 5.73 Å². The molecule has 4 heteroatoms. The molecule has 0 atom stereocenters. The van der Waals surface area contributed by atoms with Gasteiger partial charge in [-0.15, -0.1) is 0 Å². The van der Waals surface area contributed by atoms with Crippen LogP contribution >= 0.6 is 0 Å². The zero-order valence-electron chi connectivity index (χ0n) is 8.46. The van der Waals surface area contributed by atoms with Crippen LogP contribution in [0.1, 0.15) is 32.1 Å². The van der Waals surface area contributed by atoms with E-state index in [2.05, 4.69) is 10.6 Å². The summed E-state index contributed by atoms with van der Waals surface area (Å²) in [5.41, 5.74) is 5.66. The van der Waals surface area contributed by atoms with Crippen LogP contribution < -0.4 is 16.4 Å². The minimum atomic E-state index is 0.184. The van der Waals surface area contributed by atoms with Gasteiger partial charge in [-0.1, -0.05) is 0 Å². The molecule has 2 saturated carbocycles. The van der Waals surface area contributed by atoms with Gasteiger partial charge >= 0.3 is 0 Å². The summed E-state index contributed by atoms with van der Waals surface area (Å²) in [6, 6.07) is 1.42. The van der Waals surface area contributed by atoms with Crippen molar-refractivity contribution < 1.29 is 4.79 Å². The van der Waals surface area contributed by atoms with Gasteiger partial charge in [0.1, 0.15) is 0 Å². The number of amides is 1. The van der Waals surface area contributed by atoms with Crippen molar-refractivity contribution in [2.75, 3.05) is 6.54 Å². The smallest absolute Gasteiger partial charge is 0.221 e. The lowest BCUT2D eigenvalue weighted by molar-refractivity contribution is -0.121. The summed E-state index contributed by atoms with van der Waals surface area (Å²) in [5, 5.41) is 6.30. The average molecular weight is 197 g/mol. The Morgan fingerprint density at radius 1 is 1.29 bits per heavy atom. The highest BCUT2D eigenvalue weighted by molar-refractivity contribution is 5.76. The summed E-state index contributed by atoms with van der Waals surface area (Å²) < 4.78 is 0. The maximum atomic E-state index is 11.3. The highest BCUT2D eigenvalue weighted by atomic mass is 16.1. The first-order chi connectivity index (χ1) is 6.74. The maximum Gasteiger partial charge on any atom is 0.221 e. The normalized spacial score (nSPS) is 30.9. The third kappa shape index (κ3) is 2.96. The third-order valence-electron chi connectivity index (χ3n) is 2.90. The predicted octanol–water partition coefficient (Wildman–Crippen LogP) is -0.266. The molecule has 0 radical (unpaired) electrons. The van der Waals surface area contributed by atoms with Crippen molar-refractivity contribution in [3.8, 4) is 0 Å². The van der Waals surface area contributed by atoms with Crippen molar-refractivity contribution in [1.29, 1.82) is 0 Å². The Morgan fingerprint density at radius 3 is 2.57 bits per heavy atom. The van der Waals surface area contributed by atoms with Crippen LogP contribution in [-0.4, -0.2) is 30.6 Å². The molecular formula is C10H19N3O. The first kappa shape index (κ1) is 9.93. The van der Waals surface area contributed by atoms with Crippen LogP contribution in [0.2, 0.25) is 0 Å². The number of carbonyl (C=O) groups is 1. The molecule has 2 aliphatic rings. The van der Waals surface area contributed by atoms with Crippen LogP contribution in [0.5, 0.6) is 0 Å². The van der Waals surface area contributed by atoms with Crippen molar-refractivity contribution >= 4 is 5.91 Å². The summed E-state index contributed by atoms with van der Waals surface area (Å²) in [7, 11) is 0. The number of hydrogen-bond acceptors (Lipinski definition) is 3. The Kier molecular flexibility index (Phi) is 3.03. The van der Waals surface area contributed by atoms with E-state index in [-0.39, 0.29) is 5.91 Å². The van der Waals surface area contributed by atoms with Crippen molar-refractivity contribution in [3.63, 3.8) is 0 Å². The van der Waals surface area contributed by atoms with Crippen LogP contribution in [0, 0.1) is 0 Å². The molecule has 4 N–H and O–H groups in total. The van der Waals surface area contributed by atoms with Gasteiger partial charge < -0.3 is 16.4 Å². The van der Waals surface area contributed by atoms with Gasteiger partial charge in [-0.05, 0) is 25.7 Å². The zero-order chi connectivity index (χ0) is 9.97. The van der Waals surface area contributed by atoms with E-state index in [0.717, 1.165) is 32.2 Å². The summed E-state index contributed by atoms with van der Waals surface area (Å²) in [6.07, 6.45) is 5.05. The standard InChI is InChI=1S/C10H19N3O/c11-7-5-9(6-7)12-4-3-10(14)13-8-1-2-8/h7-9,12H,1-6,11H2,(H,13,14). The minimum absolute atomic E-state index is 0.184. The van der Waals surface area contributed by atoms with E-state index < -0.39 is 0 Å². The molecule has 80 valence electrons. The predicted molar refractivity (Wildman–Crippen MR) is 54.8 cm³/mol. The van der Waals surface area contributed by atoms with Crippen molar-refractivity contribution in [2.24, 2.45) is 5.73 Å². The van der Waals surface area contributed by atoms with Crippen molar-refractivity contribution in [1.82, 2.24) is 10.6 Å². The molecule has 0 saturated heterocycles. The lowest BCUT2D eigenvalue weighted by Crippen LogP contribution is -2.49. The van der Waals surface area contributed by atoms with Crippen molar-refractivity contribution in [2.45, 2.75) is 50.2 Å². The molecule has 0 aromatic heterocycles. The monoisotopic (exact) mass is 197 g/mol. The zero-order valence-corrected chi connectivity index (χ0v) is 8.46. The molecule has 0 aliphatic heterocycles. The quantitative estimate of drug-likeness (QED) is 0.568. The fraction of sp³-hybridized carbons (Fsp3) is 0.900. The Labute approximate surface area is 84.6 Å². The molecule has 0 aromatic rings. The molecule has 1 amide bonds. The summed E-state index contributed by atoms with van der Waals surface area (Å²) >= 11 is 0. The van der Waals surface area contributed by atoms with Crippen LogP contribution in [0.25, 0.3) is 0 Å². The number of rotatable bonds is 5. The van der Waals surface area contributed by atoms with E-state index in [0.29, 0.717) is 24.5 Å². The molecule has 2 rings (SSSR count). The van der Waals surface area contributed by atoms with Gasteiger partial charge in [0.05, 0.1) is 0 Å². The van der Waals surface area contributed by atoms with E-state index >= 15 is 0 Å². The van der Waals surface area contributed by atoms with Crippen LogP contribution in [-0.2, 0) is 4.79 Å². The SMILES string of the molecule is NC1CC(NCCC(=O)NC2CC2)C1. The number of carbonyl (C=O) groups excluding carboxylic acids is 1. The Balaban J connectivity index is 1.47. The Bertz CT molecular complexity index is 209. The van der Waals surface area contributed by atoms with Gasteiger partial charge in [0.15, 0.2) is 0 Å². The fourth-order valence-electron chi connectivity index (χ4n) is 1.75. The molecule has 0 heterocycles. The fourth-order valence-corrected chi connectivity index (χ4v) is 1.75. The second-order valence-corrected chi connectivity index (χ2v) is 4.47. The molecule has 0 bridgehead atoms. The van der Waals surface area contributed by atoms with Crippen LogP contribution in [0.4, 0.5) is 0 Å². The minimum Gasteiger partial charge on any atom is -0.353 e. The maximum absolute atomic E-state index is 11.3. The first-order valence-electron chi connectivity index (χ1n) is 5.52. The number of nitrogens with two attached hydrogens (primary N) is 1. The van der Waals surface area contributed by atoms with Crippen LogP contribution in [0.3, 0.4) is 0 Å². The number of hydrogen-bond donors (Lipinski definition) is 3. The van der Waals surface area contributed by atoms with Gasteiger partial charge in [-0.3, -0.25) is 4.79 Å². The molecule has 2 aliphatic carbocycles. The third-order valence-corrected chi connectivity index (χ3v) is 2.90. The van der Waals surface area contributed by atoms with Gasteiger partial charge in [-0.2, -0.15) is 0 Å². The van der Waals surface area contributed by atoms with Gasteiger partial charge in [0.25, 0.3) is 0 Å². The van der Waals surface area contributed by atoms with E-state index in [1.54, 1.807) is 0 Å². The molecule has 0 spiro atoms. The summed E-state index contributed by atoms with van der Waals surface area (Å²) in [6.45, 7) is 0.788. The Hall–Kier alpha value is -0.610. The summed E-state index contributed by atoms with van der Waals surface area (Å²) in [4.78, 5) is 11.3. The highest BCUT2D eigenvalue weighted by Crippen LogP contribution is 2.19. The second kappa shape index (κ2) is 4.28. The molecule has 0 unspecified atom stereocenters. The molecule has 4 nitrogen and oxygen atoms in total.